The summed E-state index contributed by atoms with van der Waals surface area (Å²) in [6.45, 7) is 3.71. The molecular weight excluding hydrogens is 234 g/mol. The molecule has 0 amide bonds. The van der Waals surface area contributed by atoms with Crippen molar-refractivity contribution in [3.8, 4) is 0 Å². The third kappa shape index (κ3) is 2.48. The fourth-order valence-electron chi connectivity index (χ4n) is 1.56. The molecule has 0 bridgehead atoms. The molecule has 0 saturated heterocycles. The molecule has 2 aromatic rings. The largest absolute Gasteiger partial charge is 0.476 e. The van der Waals surface area contributed by atoms with E-state index in [4.69, 9.17) is 9.52 Å². The molecule has 0 aliphatic carbocycles. The summed E-state index contributed by atoms with van der Waals surface area (Å²) >= 11 is 0. The van der Waals surface area contributed by atoms with Crippen LogP contribution < -0.4 is 5.32 Å². The smallest absolute Gasteiger partial charge is 0.358 e. The van der Waals surface area contributed by atoms with Crippen LogP contribution in [0.2, 0.25) is 0 Å². The molecular formula is C12H13N3O3. The van der Waals surface area contributed by atoms with Gasteiger partial charge in [0.1, 0.15) is 11.5 Å². The van der Waals surface area contributed by atoms with Crippen LogP contribution in [0.15, 0.2) is 28.9 Å². The van der Waals surface area contributed by atoms with E-state index < -0.39 is 5.97 Å². The fourth-order valence-corrected chi connectivity index (χ4v) is 1.56. The Kier molecular flexibility index (Phi) is 3.27. The van der Waals surface area contributed by atoms with Gasteiger partial charge >= 0.3 is 5.97 Å². The normalized spacial score (nSPS) is 12.1. The zero-order chi connectivity index (χ0) is 13.1. The van der Waals surface area contributed by atoms with Crippen LogP contribution in [0.3, 0.4) is 0 Å². The van der Waals surface area contributed by atoms with Crippen LogP contribution >= 0.6 is 0 Å². The molecule has 6 nitrogen and oxygen atoms in total. The van der Waals surface area contributed by atoms with Gasteiger partial charge in [0.2, 0.25) is 0 Å². The summed E-state index contributed by atoms with van der Waals surface area (Å²) in [5.41, 5.74) is -0.104. The summed E-state index contributed by atoms with van der Waals surface area (Å²) in [5, 5.41) is 12.0. The van der Waals surface area contributed by atoms with Gasteiger partial charge < -0.3 is 14.8 Å². The molecule has 94 valence electrons. The van der Waals surface area contributed by atoms with Gasteiger partial charge in [-0.1, -0.05) is 0 Å². The van der Waals surface area contributed by atoms with Crippen LogP contribution in [0.5, 0.6) is 0 Å². The molecule has 2 rings (SSSR count). The van der Waals surface area contributed by atoms with Gasteiger partial charge in [-0.2, -0.15) is 0 Å². The molecule has 0 aromatic carbocycles. The van der Waals surface area contributed by atoms with E-state index in [0.717, 1.165) is 11.5 Å². The first-order valence-corrected chi connectivity index (χ1v) is 5.45. The first-order chi connectivity index (χ1) is 8.58. The highest BCUT2D eigenvalue weighted by atomic mass is 16.4. The van der Waals surface area contributed by atoms with Gasteiger partial charge in [-0.25, -0.2) is 14.8 Å². The molecule has 18 heavy (non-hydrogen) atoms. The second kappa shape index (κ2) is 4.87. The number of nitrogens with zero attached hydrogens (tertiary/aromatic N) is 2. The standard InChI is InChI=1S/C12H13N3O3/c1-7-3-4-9(18-7)8(2)15-11-10(12(16)17)13-5-6-14-11/h3-6,8H,1-2H3,(H,14,15)(H,16,17). The highest BCUT2D eigenvalue weighted by molar-refractivity contribution is 5.90. The number of furan rings is 1. The number of aryl methyl sites for hydroxylation is 1. The summed E-state index contributed by atoms with van der Waals surface area (Å²) in [4.78, 5) is 18.7. The Hall–Kier alpha value is -2.37. The van der Waals surface area contributed by atoms with Crippen molar-refractivity contribution >= 4 is 11.8 Å². The van der Waals surface area contributed by atoms with Gasteiger partial charge in [0.15, 0.2) is 11.5 Å². The maximum atomic E-state index is 11.0. The van der Waals surface area contributed by atoms with E-state index in [-0.39, 0.29) is 17.6 Å². The summed E-state index contributed by atoms with van der Waals surface area (Å²) in [6, 6.07) is 3.50. The topological polar surface area (TPSA) is 88.2 Å². The highest BCUT2D eigenvalue weighted by Crippen LogP contribution is 2.21. The lowest BCUT2D eigenvalue weighted by atomic mass is 10.2. The lowest BCUT2D eigenvalue weighted by Gasteiger charge is -2.13. The first kappa shape index (κ1) is 12.1. The molecule has 0 aliphatic rings. The fraction of sp³-hybridized carbons (Fsp3) is 0.250. The lowest BCUT2D eigenvalue weighted by molar-refractivity contribution is 0.0691. The second-order valence-electron chi connectivity index (χ2n) is 3.87. The molecule has 1 atom stereocenters. The van der Waals surface area contributed by atoms with Crippen LogP contribution in [0, 0.1) is 6.92 Å². The molecule has 2 N–H and O–H groups in total. The van der Waals surface area contributed by atoms with Crippen LogP contribution in [-0.2, 0) is 0 Å². The summed E-state index contributed by atoms with van der Waals surface area (Å²) in [5.74, 6) is 0.630. The summed E-state index contributed by atoms with van der Waals surface area (Å²) in [6.07, 6.45) is 2.78. The number of hydrogen-bond donors (Lipinski definition) is 2. The van der Waals surface area contributed by atoms with Crippen molar-refractivity contribution in [1.82, 2.24) is 9.97 Å². The minimum Gasteiger partial charge on any atom is -0.476 e. The SMILES string of the molecule is Cc1ccc(C(C)Nc2nccnc2C(=O)O)o1. The number of hydrogen-bond acceptors (Lipinski definition) is 5. The molecule has 0 spiro atoms. The Morgan fingerprint density at radius 2 is 2.11 bits per heavy atom. The minimum absolute atomic E-state index is 0.104. The van der Waals surface area contributed by atoms with Crippen molar-refractivity contribution < 1.29 is 14.3 Å². The number of carboxylic acid groups (broad SMARTS) is 1. The minimum atomic E-state index is -1.12. The maximum Gasteiger partial charge on any atom is 0.358 e. The molecule has 1 unspecified atom stereocenters. The van der Waals surface area contributed by atoms with E-state index in [1.807, 2.05) is 26.0 Å². The Labute approximate surface area is 104 Å². The monoisotopic (exact) mass is 247 g/mol. The highest BCUT2D eigenvalue weighted by Gasteiger charge is 2.16. The van der Waals surface area contributed by atoms with Gasteiger partial charge in [0.05, 0.1) is 6.04 Å². The van der Waals surface area contributed by atoms with E-state index in [1.54, 1.807) is 0 Å². The number of nitrogens with one attached hydrogen (secondary N) is 1. The molecule has 2 aromatic heterocycles. The number of aromatic nitrogens is 2. The van der Waals surface area contributed by atoms with Gasteiger partial charge in [0.25, 0.3) is 0 Å². The van der Waals surface area contributed by atoms with Crippen molar-refractivity contribution in [2.24, 2.45) is 0 Å². The molecule has 0 aliphatic heterocycles. The van der Waals surface area contributed by atoms with E-state index >= 15 is 0 Å². The number of carbonyl (C=O) groups is 1. The number of rotatable bonds is 4. The van der Waals surface area contributed by atoms with Gasteiger partial charge in [-0.05, 0) is 26.0 Å². The first-order valence-electron chi connectivity index (χ1n) is 5.45. The van der Waals surface area contributed by atoms with Crippen molar-refractivity contribution in [2.45, 2.75) is 19.9 Å². The molecule has 6 heteroatoms. The molecule has 2 heterocycles. The Morgan fingerprint density at radius 1 is 1.39 bits per heavy atom. The Morgan fingerprint density at radius 3 is 2.72 bits per heavy atom. The number of anilines is 1. The number of carboxylic acids is 1. The molecule has 0 fully saturated rings. The van der Waals surface area contributed by atoms with Crippen molar-refractivity contribution in [3.05, 3.63) is 41.7 Å². The zero-order valence-corrected chi connectivity index (χ0v) is 10.0. The Bertz CT molecular complexity index is 565. The van der Waals surface area contributed by atoms with Crippen molar-refractivity contribution in [1.29, 1.82) is 0 Å². The quantitative estimate of drug-likeness (QED) is 0.861. The third-order valence-electron chi connectivity index (χ3n) is 2.44. The van der Waals surface area contributed by atoms with E-state index in [2.05, 4.69) is 15.3 Å². The van der Waals surface area contributed by atoms with E-state index in [1.165, 1.54) is 12.4 Å². The van der Waals surface area contributed by atoms with Crippen LogP contribution in [0.25, 0.3) is 0 Å². The van der Waals surface area contributed by atoms with E-state index in [0.29, 0.717) is 0 Å². The number of aromatic carboxylic acids is 1. The molecule has 0 radical (unpaired) electrons. The Balaban J connectivity index is 2.21. The molecule has 0 saturated carbocycles. The predicted molar refractivity (Wildman–Crippen MR) is 64.5 cm³/mol. The van der Waals surface area contributed by atoms with E-state index in [9.17, 15) is 4.79 Å². The predicted octanol–water partition coefficient (Wildman–Crippen LogP) is 2.25. The van der Waals surface area contributed by atoms with Crippen molar-refractivity contribution in [2.75, 3.05) is 5.32 Å². The summed E-state index contributed by atoms with van der Waals surface area (Å²) < 4.78 is 5.46. The average Bonchev–Trinajstić information content (AvgIpc) is 2.76. The van der Waals surface area contributed by atoms with Crippen LogP contribution in [0.1, 0.15) is 35.0 Å². The summed E-state index contributed by atoms with van der Waals surface area (Å²) in [7, 11) is 0. The van der Waals surface area contributed by atoms with Gasteiger partial charge in [-0.15, -0.1) is 0 Å². The van der Waals surface area contributed by atoms with Crippen LogP contribution in [0.4, 0.5) is 5.82 Å². The van der Waals surface area contributed by atoms with Crippen molar-refractivity contribution in [3.63, 3.8) is 0 Å². The zero-order valence-electron chi connectivity index (χ0n) is 10.0. The maximum absolute atomic E-state index is 11.0. The van der Waals surface area contributed by atoms with Gasteiger partial charge in [-0.3, -0.25) is 0 Å². The third-order valence-corrected chi connectivity index (χ3v) is 2.44. The average molecular weight is 247 g/mol. The lowest BCUT2D eigenvalue weighted by Crippen LogP contribution is -2.13. The second-order valence-corrected chi connectivity index (χ2v) is 3.87. The van der Waals surface area contributed by atoms with Crippen LogP contribution in [-0.4, -0.2) is 21.0 Å². The van der Waals surface area contributed by atoms with Gasteiger partial charge in [0, 0.05) is 12.4 Å².